The van der Waals surface area contributed by atoms with Crippen molar-refractivity contribution in [3.05, 3.63) is 59.1 Å². The number of carbonyl (C=O) groups is 1. The molecule has 7 heteroatoms. The molecule has 0 saturated heterocycles. The highest BCUT2D eigenvalue weighted by Gasteiger charge is 2.14. The topological polar surface area (TPSA) is 51.2 Å². The van der Waals surface area contributed by atoms with Gasteiger partial charge in [-0.05, 0) is 42.8 Å². The largest absolute Gasteiger partial charge is 0.435 e. The molecule has 0 fully saturated rings. The molecule has 1 amide bonds. The summed E-state index contributed by atoms with van der Waals surface area (Å²) in [5.74, 6) is -0.190. The number of alkyl halides is 2. The molecule has 1 atom stereocenters. The molecule has 0 aliphatic rings. The van der Waals surface area contributed by atoms with Gasteiger partial charge in [-0.25, -0.2) is 4.98 Å². The van der Waals surface area contributed by atoms with Crippen molar-refractivity contribution in [1.82, 2.24) is 10.3 Å². The molecule has 0 aliphatic carbocycles. The number of benzene rings is 2. The molecule has 4 nitrogen and oxygen atoms in total. The minimum atomic E-state index is -2.88. The highest BCUT2D eigenvalue weighted by atomic mass is 32.1. The van der Waals surface area contributed by atoms with E-state index >= 15 is 0 Å². The maximum Gasteiger partial charge on any atom is 0.387 e. The molecular weight excluding hydrogens is 334 g/mol. The Morgan fingerprint density at radius 3 is 2.88 bits per heavy atom. The Balaban J connectivity index is 1.73. The van der Waals surface area contributed by atoms with Gasteiger partial charge in [-0.2, -0.15) is 8.78 Å². The van der Waals surface area contributed by atoms with Gasteiger partial charge in [0, 0.05) is 5.56 Å². The van der Waals surface area contributed by atoms with Crippen LogP contribution in [0.3, 0.4) is 0 Å². The Hall–Kier alpha value is -2.54. The van der Waals surface area contributed by atoms with Crippen molar-refractivity contribution in [1.29, 1.82) is 0 Å². The molecule has 3 rings (SSSR count). The summed E-state index contributed by atoms with van der Waals surface area (Å²) >= 11 is 1.51. The number of halogens is 2. The van der Waals surface area contributed by atoms with Crippen molar-refractivity contribution >= 4 is 27.5 Å². The number of hydrogen-bond acceptors (Lipinski definition) is 4. The van der Waals surface area contributed by atoms with Crippen molar-refractivity contribution in [2.75, 3.05) is 0 Å². The van der Waals surface area contributed by atoms with Crippen molar-refractivity contribution in [3.63, 3.8) is 0 Å². The number of nitrogens with one attached hydrogen (secondary N) is 1. The van der Waals surface area contributed by atoms with E-state index in [0.29, 0.717) is 11.1 Å². The molecule has 0 radical (unpaired) electrons. The van der Waals surface area contributed by atoms with Gasteiger partial charge in [0.25, 0.3) is 5.91 Å². The number of hydrogen-bond donors (Lipinski definition) is 1. The fourth-order valence-electron chi connectivity index (χ4n) is 2.32. The predicted molar refractivity (Wildman–Crippen MR) is 88.6 cm³/mol. The molecule has 1 heterocycles. The van der Waals surface area contributed by atoms with Crippen LogP contribution in [0.2, 0.25) is 0 Å². The molecule has 3 aromatic rings. The van der Waals surface area contributed by atoms with Crippen molar-refractivity contribution in [2.45, 2.75) is 19.6 Å². The van der Waals surface area contributed by atoms with Gasteiger partial charge >= 0.3 is 6.61 Å². The molecule has 0 aliphatic heterocycles. The number of fused-ring (bicyclic) bond motifs is 1. The van der Waals surface area contributed by atoms with E-state index in [4.69, 9.17) is 0 Å². The standard InChI is InChI=1S/C17H14F2N2O2S/c1-10(11-3-2-4-13(7-11)23-17(18)19)21-16(22)12-5-6-15-14(8-12)20-9-24-15/h2-10,17H,1H3,(H,21,22). The van der Waals surface area contributed by atoms with Crippen LogP contribution in [0.1, 0.15) is 28.9 Å². The summed E-state index contributed by atoms with van der Waals surface area (Å²) in [5.41, 5.74) is 3.67. The van der Waals surface area contributed by atoms with Crippen LogP contribution in [0.4, 0.5) is 8.78 Å². The number of carbonyl (C=O) groups excluding carboxylic acids is 1. The molecule has 0 spiro atoms. The number of nitrogens with zero attached hydrogens (tertiary/aromatic N) is 1. The third-order valence-electron chi connectivity index (χ3n) is 3.52. The minimum Gasteiger partial charge on any atom is -0.435 e. The first kappa shape index (κ1) is 16.3. The van der Waals surface area contributed by atoms with Crippen molar-refractivity contribution in [3.8, 4) is 5.75 Å². The zero-order chi connectivity index (χ0) is 17.1. The van der Waals surface area contributed by atoms with Gasteiger partial charge in [0.2, 0.25) is 0 Å². The average Bonchev–Trinajstić information content (AvgIpc) is 3.02. The van der Waals surface area contributed by atoms with E-state index in [1.165, 1.54) is 23.5 Å². The summed E-state index contributed by atoms with van der Waals surface area (Å²) in [6.45, 7) is -1.10. The molecule has 0 bridgehead atoms. The second-order valence-corrected chi connectivity index (χ2v) is 6.07. The summed E-state index contributed by atoms with van der Waals surface area (Å²) in [6.07, 6.45) is 0. The lowest BCUT2D eigenvalue weighted by Crippen LogP contribution is -2.26. The zero-order valence-electron chi connectivity index (χ0n) is 12.7. The third-order valence-corrected chi connectivity index (χ3v) is 4.33. The Labute approximate surface area is 141 Å². The van der Waals surface area contributed by atoms with Crippen molar-refractivity contribution < 1.29 is 18.3 Å². The maximum atomic E-state index is 12.4. The molecule has 124 valence electrons. The smallest absolute Gasteiger partial charge is 0.387 e. The molecule has 2 aromatic carbocycles. The number of ether oxygens (including phenoxy) is 1. The summed E-state index contributed by atoms with van der Waals surface area (Å²) in [7, 11) is 0. The number of aromatic nitrogens is 1. The van der Waals surface area contributed by atoms with Crippen LogP contribution < -0.4 is 10.1 Å². The molecule has 24 heavy (non-hydrogen) atoms. The monoisotopic (exact) mass is 348 g/mol. The first-order chi connectivity index (χ1) is 11.5. The van der Waals surface area contributed by atoms with E-state index in [1.54, 1.807) is 36.7 Å². The van der Waals surface area contributed by atoms with Gasteiger partial charge in [0.05, 0.1) is 21.8 Å². The normalized spacial score (nSPS) is 12.3. The Kier molecular flexibility index (Phi) is 4.71. The van der Waals surface area contributed by atoms with E-state index in [1.807, 2.05) is 6.07 Å². The lowest BCUT2D eigenvalue weighted by molar-refractivity contribution is -0.0499. The van der Waals surface area contributed by atoms with Crippen LogP contribution in [0.5, 0.6) is 5.75 Å². The predicted octanol–water partition coefficient (Wildman–Crippen LogP) is 4.39. The Morgan fingerprint density at radius 2 is 2.08 bits per heavy atom. The molecular formula is C17H14F2N2O2S. The Morgan fingerprint density at radius 1 is 1.25 bits per heavy atom. The second-order valence-electron chi connectivity index (χ2n) is 5.18. The van der Waals surface area contributed by atoms with Gasteiger partial charge in [0.15, 0.2) is 0 Å². The van der Waals surface area contributed by atoms with Crippen LogP contribution in [0, 0.1) is 0 Å². The summed E-state index contributed by atoms with van der Waals surface area (Å²) < 4.78 is 30.0. The molecule has 1 unspecified atom stereocenters. The third kappa shape index (κ3) is 3.68. The van der Waals surface area contributed by atoms with Gasteiger partial charge in [-0.15, -0.1) is 11.3 Å². The fraction of sp³-hybridized carbons (Fsp3) is 0.176. The van der Waals surface area contributed by atoms with E-state index in [0.717, 1.165) is 10.2 Å². The van der Waals surface area contributed by atoms with Crippen LogP contribution >= 0.6 is 11.3 Å². The van der Waals surface area contributed by atoms with Gasteiger partial charge in [-0.1, -0.05) is 12.1 Å². The average molecular weight is 348 g/mol. The Bertz CT molecular complexity index is 866. The van der Waals surface area contributed by atoms with Gasteiger partial charge in [-0.3, -0.25) is 4.79 Å². The molecule has 1 aromatic heterocycles. The van der Waals surface area contributed by atoms with Crippen molar-refractivity contribution in [2.24, 2.45) is 0 Å². The van der Waals surface area contributed by atoms with Crippen LogP contribution in [-0.4, -0.2) is 17.5 Å². The van der Waals surface area contributed by atoms with Gasteiger partial charge in [0.1, 0.15) is 5.75 Å². The van der Waals surface area contributed by atoms with E-state index < -0.39 is 6.61 Å². The van der Waals surface area contributed by atoms with Crippen LogP contribution in [-0.2, 0) is 0 Å². The fourth-order valence-corrected chi connectivity index (χ4v) is 2.98. The van der Waals surface area contributed by atoms with E-state index in [9.17, 15) is 13.6 Å². The van der Waals surface area contributed by atoms with Crippen LogP contribution in [0.25, 0.3) is 10.2 Å². The lowest BCUT2D eigenvalue weighted by atomic mass is 10.1. The zero-order valence-corrected chi connectivity index (χ0v) is 13.5. The van der Waals surface area contributed by atoms with E-state index in [-0.39, 0.29) is 17.7 Å². The second kappa shape index (κ2) is 6.92. The highest BCUT2D eigenvalue weighted by Crippen LogP contribution is 2.22. The number of rotatable bonds is 5. The summed E-state index contributed by atoms with van der Waals surface area (Å²) in [6, 6.07) is 11.2. The lowest BCUT2D eigenvalue weighted by Gasteiger charge is -2.15. The highest BCUT2D eigenvalue weighted by molar-refractivity contribution is 7.16. The molecule has 0 saturated carbocycles. The minimum absolute atomic E-state index is 0.0625. The van der Waals surface area contributed by atoms with E-state index in [2.05, 4.69) is 15.0 Å². The van der Waals surface area contributed by atoms with Gasteiger partial charge < -0.3 is 10.1 Å². The maximum absolute atomic E-state index is 12.4. The SMILES string of the molecule is CC(NC(=O)c1ccc2scnc2c1)c1cccc(OC(F)F)c1. The first-order valence-corrected chi connectivity index (χ1v) is 8.10. The number of thiazole rings is 1. The summed E-state index contributed by atoms with van der Waals surface area (Å²) in [5, 5.41) is 2.84. The number of amides is 1. The first-order valence-electron chi connectivity index (χ1n) is 7.22. The quantitative estimate of drug-likeness (QED) is 0.744. The van der Waals surface area contributed by atoms with Crippen LogP contribution in [0.15, 0.2) is 48.0 Å². The molecule has 1 N–H and O–H groups in total. The summed E-state index contributed by atoms with van der Waals surface area (Å²) in [4.78, 5) is 16.6.